The lowest BCUT2D eigenvalue weighted by molar-refractivity contribution is 1.22. The van der Waals surface area contributed by atoms with Gasteiger partial charge in [-0.3, -0.25) is 0 Å². The van der Waals surface area contributed by atoms with Crippen molar-refractivity contribution in [1.29, 1.82) is 0 Å². The molecule has 0 saturated carbocycles. The number of halogens is 2. The lowest BCUT2D eigenvalue weighted by Crippen LogP contribution is -1.96. The Labute approximate surface area is 130 Å². The molecule has 1 aromatic carbocycles. The predicted molar refractivity (Wildman–Crippen MR) is 86.6 cm³/mol. The maximum atomic E-state index is 6.00. The molecule has 2 heterocycles. The predicted octanol–water partition coefficient (Wildman–Crippen LogP) is 5.36. The summed E-state index contributed by atoms with van der Waals surface area (Å²) < 4.78 is 0. The molecule has 0 aliphatic heterocycles. The minimum absolute atomic E-state index is 0.246. The number of benzene rings is 1. The Kier molecular flexibility index (Phi) is 3.54. The van der Waals surface area contributed by atoms with Crippen LogP contribution in [0.25, 0.3) is 10.2 Å². The number of thiophene rings is 1. The maximum absolute atomic E-state index is 6.00. The molecule has 0 amide bonds. The van der Waals surface area contributed by atoms with Gasteiger partial charge >= 0.3 is 0 Å². The number of rotatable bonds is 2. The van der Waals surface area contributed by atoms with Crippen LogP contribution in [0, 0.1) is 13.8 Å². The Morgan fingerprint density at radius 1 is 1.05 bits per heavy atom. The molecular weight excluding hydrogens is 313 g/mol. The van der Waals surface area contributed by atoms with Crippen LogP contribution in [0.4, 0.5) is 11.5 Å². The molecule has 1 N–H and O–H groups in total. The molecule has 0 radical (unpaired) electrons. The maximum Gasteiger partial charge on any atom is 0.225 e. The summed E-state index contributed by atoms with van der Waals surface area (Å²) in [5, 5.41) is 5.25. The molecular formula is C14H11Cl2N3S. The van der Waals surface area contributed by atoms with Crippen LogP contribution in [0.1, 0.15) is 10.4 Å². The first-order valence-corrected chi connectivity index (χ1v) is 7.57. The van der Waals surface area contributed by atoms with Crippen molar-refractivity contribution in [3.8, 4) is 0 Å². The highest BCUT2D eigenvalue weighted by Crippen LogP contribution is 2.35. The van der Waals surface area contributed by atoms with Crippen molar-refractivity contribution in [2.24, 2.45) is 0 Å². The van der Waals surface area contributed by atoms with E-state index in [1.54, 1.807) is 11.3 Å². The van der Waals surface area contributed by atoms with Crippen molar-refractivity contribution >= 4 is 56.3 Å². The van der Waals surface area contributed by atoms with Crippen molar-refractivity contribution in [3.63, 3.8) is 0 Å². The Bertz CT molecular complexity index is 781. The van der Waals surface area contributed by atoms with Crippen molar-refractivity contribution in [2.75, 3.05) is 5.32 Å². The van der Waals surface area contributed by atoms with E-state index in [1.165, 1.54) is 10.4 Å². The zero-order valence-corrected chi connectivity index (χ0v) is 13.2. The van der Waals surface area contributed by atoms with Crippen LogP contribution in [0.5, 0.6) is 0 Å². The van der Waals surface area contributed by atoms with Gasteiger partial charge in [-0.15, -0.1) is 11.3 Å². The number of anilines is 2. The fourth-order valence-corrected chi connectivity index (χ4v) is 3.36. The van der Waals surface area contributed by atoms with Crippen molar-refractivity contribution in [3.05, 3.63) is 45.0 Å². The largest absolute Gasteiger partial charge is 0.340 e. The number of aromatic nitrogens is 2. The van der Waals surface area contributed by atoms with Crippen LogP contribution in [-0.2, 0) is 0 Å². The summed E-state index contributed by atoms with van der Waals surface area (Å²) >= 11 is 13.5. The third-order valence-electron chi connectivity index (χ3n) is 3.11. The van der Waals surface area contributed by atoms with Gasteiger partial charge in [0.2, 0.25) is 5.28 Å². The quantitative estimate of drug-likeness (QED) is 0.645. The molecule has 0 aliphatic rings. The lowest BCUT2D eigenvalue weighted by Gasteiger charge is -2.08. The molecule has 3 nitrogen and oxygen atoms in total. The number of hydrogen-bond acceptors (Lipinski definition) is 4. The second kappa shape index (κ2) is 5.20. The van der Waals surface area contributed by atoms with E-state index in [2.05, 4.69) is 29.1 Å². The van der Waals surface area contributed by atoms with Gasteiger partial charge in [-0.2, -0.15) is 4.98 Å². The van der Waals surface area contributed by atoms with Gasteiger partial charge < -0.3 is 5.32 Å². The van der Waals surface area contributed by atoms with Gasteiger partial charge in [-0.1, -0.05) is 11.6 Å². The van der Waals surface area contributed by atoms with Gasteiger partial charge in [0.25, 0.3) is 0 Å². The number of hydrogen-bond donors (Lipinski definition) is 1. The zero-order chi connectivity index (χ0) is 14.3. The van der Waals surface area contributed by atoms with Crippen molar-refractivity contribution in [1.82, 2.24) is 9.97 Å². The van der Waals surface area contributed by atoms with Crippen molar-refractivity contribution in [2.45, 2.75) is 13.8 Å². The molecule has 0 bridgehead atoms. The van der Waals surface area contributed by atoms with Gasteiger partial charge in [-0.25, -0.2) is 4.98 Å². The molecule has 3 aromatic rings. The highest BCUT2D eigenvalue weighted by molar-refractivity contribution is 7.18. The fraction of sp³-hybridized carbons (Fsp3) is 0.143. The third-order valence-corrected chi connectivity index (χ3v) is 4.63. The second-order valence-electron chi connectivity index (χ2n) is 4.44. The first-order valence-electron chi connectivity index (χ1n) is 6.00. The molecule has 20 heavy (non-hydrogen) atoms. The molecule has 0 fully saturated rings. The highest BCUT2D eigenvalue weighted by atomic mass is 35.5. The summed E-state index contributed by atoms with van der Waals surface area (Å²) in [6.07, 6.45) is 0. The topological polar surface area (TPSA) is 37.8 Å². The molecule has 6 heteroatoms. The summed E-state index contributed by atoms with van der Waals surface area (Å²) in [5.41, 5.74) is 2.09. The summed E-state index contributed by atoms with van der Waals surface area (Å²) in [6, 6.07) is 7.46. The number of aryl methyl sites for hydroxylation is 2. The minimum atomic E-state index is 0.246. The third kappa shape index (κ3) is 2.46. The molecule has 2 aromatic heterocycles. The van der Waals surface area contributed by atoms with Crippen LogP contribution in [0.15, 0.2) is 24.3 Å². The standard InChI is InChI=1S/C14H11Cl2N3S/c1-7-8(2)20-13-11(7)12(18-14(16)19-13)17-10-5-3-9(15)4-6-10/h3-6H,1-2H3,(H,17,18,19). The smallest absolute Gasteiger partial charge is 0.225 e. The van der Waals surface area contributed by atoms with Crippen LogP contribution < -0.4 is 5.32 Å². The van der Waals surface area contributed by atoms with E-state index >= 15 is 0 Å². The number of nitrogens with one attached hydrogen (secondary N) is 1. The molecule has 102 valence electrons. The minimum Gasteiger partial charge on any atom is -0.340 e. The lowest BCUT2D eigenvalue weighted by atomic mass is 10.2. The van der Waals surface area contributed by atoms with Crippen molar-refractivity contribution < 1.29 is 0 Å². The van der Waals surface area contributed by atoms with E-state index in [4.69, 9.17) is 23.2 Å². The average molecular weight is 324 g/mol. The van der Waals surface area contributed by atoms with E-state index in [0.717, 1.165) is 21.7 Å². The van der Waals surface area contributed by atoms with Crippen LogP contribution in [-0.4, -0.2) is 9.97 Å². The summed E-state index contributed by atoms with van der Waals surface area (Å²) in [6.45, 7) is 4.14. The molecule has 0 unspecified atom stereocenters. The Morgan fingerprint density at radius 2 is 1.75 bits per heavy atom. The van der Waals surface area contributed by atoms with E-state index in [9.17, 15) is 0 Å². The Balaban J connectivity index is 2.12. The van der Waals surface area contributed by atoms with Crippen LogP contribution >= 0.6 is 34.5 Å². The van der Waals surface area contributed by atoms with Gasteiger partial charge in [0, 0.05) is 15.6 Å². The molecule has 3 rings (SSSR count). The molecule has 0 atom stereocenters. The molecule has 0 aliphatic carbocycles. The Hall–Kier alpha value is -1.36. The highest BCUT2D eigenvalue weighted by Gasteiger charge is 2.14. The first kappa shape index (κ1) is 13.6. The second-order valence-corrected chi connectivity index (χ2v) is 6.41. The van der Waals surface area contributed by atoms with Gasteiger partial charge in [-0.05, 0) is 55.3 Å². The monoisotopic (exact) mass is 323 g/mol. The molecule has 0 spiro atoms. The summed E-state index contributed by atoms with van der Waals surface area (Å²) in [4.78, 5) is 10.7. The van der Waals surface area contributed by atoms with Gasteiger partial charge in [0.15, 0.2) is 0 Å². The normalized spacial score (nSPS) is 11.0. The summed E-state index contributed by atoms with van der Waals surface area (Å²) in [5.74, 6) is 0.726. The first-order chi connectivity index (χ1) is 9.54. The summed E-state index contributed by atoms with van der Waals surface area (Å²) in [7, 11) is 0. The van der Waals surface area contributed by atoms with E-state index in [-0.39, 0.29) is 5.28 Å². The van der Waals surface area contributed by atoms with E-state index in [1.807, 2.05) is 24.3 Å². The zero-order valence-electron chi connectivity index (χ0n) is 10.9. The van der Waals surface area contributed by atoms with Crippen LogP contribution in [0.2, 0.25) is 10.3 Å². The van der Waals surface area contributed by atoms with Gasteiger partial charge in [0.05, 0.1) is 5.39 Å². The average Bonchev–Trinajstić information content (AvgIpc) is 2.67. The van der Waals surface area contributed by atoms with Crippen LogP contribution in [0.3, 0.4) is 0 Å². The Morgan fingerprint density at radius 3 is 2.45 bits per heavy atom. The number of nitrogens with zero attached hydrogens (tertiary/aromatic N) is 2. The molecule has 0 saturated heterocycles. The number of fused-ring (bicyclic) bond motifs is 1. The van der Waals surface area contributed by atoms with Gasteiger partial charge in [0.1, 0.15) is 10.6 Å². The SMILES string of the molecule is Cc1sc2nc(Cl)nc(Nc3ccc(Cl)cc3)c2c1C. The fourth-order valence-electron chi connectivity index (χ4n) is 1.98. The van der Waals surface area contributed by atoms with E-state index in [0.29, 0.717) is 5.02 Å². The van der Waals surface area contributed by atoms with E-state index < -0.39 is 0 Å².